The lowest BCUT2D eigenvalue weighted by Crippen LogP contribution is -2.50. The fraction of sp³-hybridized carbons (Fsp3) is 0.385. The van der Waals surface area contributed by atoms with Crippen LogP contribution in [0.2, 0.25) is 0 Å². The average molecular weight is 265 g/mol. The highest BCUT2D eigenvalue weighted by atomic mass is 16.4. The summed E-state index contributed by atoms with van der Waals surface area (Å²) in [5.74, 6) is -1.10. The molecule has 0 saturated heterocycles. The summed E-state index contributed by atoms with van der Waals surface area (Å²) in [6.45, 7) is 5.00. The number of nitrogens with one attached hydrogen (secondary N) is 1. The van der Waals surface area contributed by atoms with Crippen molar-refractivity contribution in [3.05, 3.63) is 24.3 Å². The number of aliphatic carboxylic acids is 1. The number of hydrogen-bond acceptors (Lipinski definition) is 3. The van der Waals surface area contributed by atoms with Crippen molar-refractivity contribution in [3.63, 3.8) is 0 Å². The van der Waals surface area contributed by atoms with Crippen molar-refractivity contribution >= 4 is 23.4 Å². The summed E-state index contributed by atoms with van der Waals surface area (Å²) < 4.78 is 0. The quantitative estimate of drug-likeness (QED) is 0.724. The maximum atomic E-state index is 12.1. The normalized spacial score (nSPS) is 10.9. The van der Waals surface area contributed by atoms with Crippen molar-refractivity contribution in [3.8, 4) is 0 Å². The van der Waals surface area contributed by atoms with E-state index in [1.165, 1.54) is 0 Å². The zero-order chi connectivity index (χ0) is 14.6. The number of carbonyl (C=O) groups is 2. The molecule has 0 bridgehead atoms. The number of nitrogens with two attached hydrogens (primary N) is 1. The molecule has 19 heavy (non-hydrogen) atoms. The molecule has 1 aromatic carbocycles. The first kappa shape index (κ1) is 14.8. The smallest absolute Gasteiger partial charge is 0.323 e. The molecule has 6 nitrogen and oxygen atoms in total. The van der Waals surface area contributed by atoms with Crippen LogP contribution in [-0.4, -0.2) is 29.2 Å². The van der Waals surface area contributed by atoms with Gasteiger partial charge in [0.1, 0.15) is 6.54 Å². The minimum Gasteiger partial charge on any atom is -0.480 e. The predicted octanol–water partition coefficient (Wildman–Crippen LogP) is 1.67. The number of nitrogen functional groups attached to an aromatic ring is 1. The lowest BCUT2D eigenvalue weighted by Gasteiger charge is -2.28. The van der Waals surface area contributed by atoms with E-state index in [1.54, 1.807) is 24.3 Å². The molecule has 0 aliphatic rings. The van der Waals surface area contributed by atoms with E-state index in [1.807, 2.05) is 20.8 Å². The lowest BCUT2D eigenvalue weighted by molar-refractivity contribution is -0.135. The van der Waals surface area contributed by atoms with Gasteiger partial charge in [0.25, 0.3) is 0 Å². The number of anilines is 2. The number of benzene rings is 1. The zero-order valence-corrected chi connectivity index (χ0v) is 11.3. The molecule has 1 rings (SSSR count). The number of carboxylic acids is 1. The predicted molar refractivity (Wildman–Crippen MR) is 74.1 cm³/mol. The third kappa shape index (κ3) is 4.50. The number of amides is 2. The van der Waals surface area contributed by atoms with Crippen molar-refractivity contribution in [1.29, 1.82) is 0 Å². The molecule has 104 valence electrons. The second-order valence-electron chi connectivity index (χ2n) is 5.22. The Bertz CT molecular complexity index is 480. The molecule has 0 unspecified atom stereocenters. The van der Waals surface area contributed by atoms with Gasteiger partial charge < -0.3 is 16.2 Å². The van der Waals surface area contributed by atoms with Gasteiger partial charge in [-0.2, -0.15) is 0 Å². The summed E-state index contributed by atoms with van der Waals surface area (Å²) in [6, 6.07) is 6.16. The summed E-state index contributed by atoms with van der Waals surface area (Å²) in [5, 5.41) is 11.6. The number of carboxylic acid groups (broad SMARTS) is 1. The highest BCUT2D eigenvalue weighted by Crippen LogP contribution is 2.22. The molecule has 4 N–H and O–H groups in total. The summed E-state index contributed by atoms with van der Waals surface area (Å²) in [7, 11) is 0. The van der Waals surface area contributed by atoms with Crippen molar-refractivity contribution in [2.24, 2.45) is 0 Å². The zero-order valence-electron chi connectivity index (χ0n) is 11.3. The van der Waals surface area contributed by atoms with E-state index in [2.05, 4.69) is 5.32 Å². The first-order chi connectivity index (χ1) is 8.70. The maximum Gasteiger partial charge on any atom is 0.323 e. The van der Waals surface area contributed by atoms with Gasteiger partial charge in [-0.25, -0.2) is 4.79 Å². The number of rotatable bonds is 3. The van der Waals surface area contributed by atoms with Crippen LogP contribution in [0.25, 0.3) is 0 Å². The third-order valence-electron chi connectivity index (χ3n) is 2.25. The largest absolute Gasteiger partial charge is 0.480 e. The van der Waals surface area contributed by atoms with Crippen LogP contribution in [0.4, 0.5) is 16.2 Å². The van der Waals surface area contributed by atoms with Crippen LogP contribution in [0.3, 0.4) is 0 Å². The Hall–Kier alpha value is -2.24. The topological polar surface area (TPSA) is 95.7 Å². The van der Waals surface area contributed by atoms with Gasteiger partial charge in [0.2, 0.25) is 0 Å². The lowest BCUT2D eigenvalue weighted by atomic mass is 10.1. The number of hydrogen-bond donors (Lipinski definition) is 3. The van der Waals surface area contributed by atoms with Crippen LogP contribution in [0.15, 0.2) is 24.3 Å². The molecule has 0 aliphatic carbocycles. The van der Waals surface area contributed by atoms with Gasteiger partial charge in [-0.1, -0.05) is 12.1 Å². The first-order valence-electron chi connectivity index (χ1n) is 5.86. The Labute approximate surface area is 112 Å². The number of nitrogens with zero attached hydrogens (tertiary/aromatic N) is 1. The van der Waals surface area contributed by atoms with Crippen molar-refractivity contribution in [2.45, 2.75) is 26.3 Å². The van der Waals surface area contributed by atoms with E-state index in [-0.39, 0.29) is 0 Å². The molecule has 1 aromatic rings. The molecule has 0 spiro atoms. The maximum absolute atomic E-state index is 12.1. The van der Waals surface area contributed by atoms with Crippen molar-refractivity contribution < 1.29 is 14.7 Å². The molecule has 0 heterocycles. The molecular weight excluding hydrogens is 246 g/mol. The number of carbonyl (C=O) groups excluding carboxylic acids is 1. The highest BCUT2D eigenvalue weighted by molar-refractivity contribution is 5.99. The van der Waals surface area contributed by atoms with Gasteiger partial charge in [-0.3, -0.25) is 9.69 Å². The molecule has 0 aliphatic heterocycles. The van der Waals surface area contributed by atoms with Gasteiger partial charge in [-0.15, -0.1) is 0 Å². The van der Waals surface area contributed by atoms with Gasteiger partial charge in [0.05, 0.1) is 11.4 Å². The SMILES string of the molecule is CC(C)(C)NC(=O)N(CC(=O)O)c1ccccc1N. The Morgan fingerprint density at radius 3 is 2.37 bits per heavy atom. The Morgan fingerprint density at radius 1 is 1.32 bits per heavy atom. The van der Waals surface area contributed by atoms with E-state index in [4.69, 9.17) is 10.8 Å². The molecular formula is C13H19N3O3. The fourth-order valence-electron chi connectivity index (χ4n) is 1.52. The minimum absolute atomic E-state index is 0.354. The Morgan fingerprint density at radius 2 is 1.89 bits per heavy atom. The summed E-state index contributed by atoms with van der Waals surface area (Å²) in [4.78, 5) is 24.2. The first-order valence-corrected chi connectivity index (χ1v) is 5.86. The number of para-hydroxylation sites is 2. The summed E-state index contributed by atoms with van der Waals surface area (Å²) >= 11 is 0. The Kier molecular flexibility index (Phi) is 4.37. The molecule has 0 fully saturated rings. The average Bonchev–Trinajstić information content (AvgIpc) is 2.24. The third-order valence-corrected chi connectivity index (χ3v) is 2.25. The van der Waals surface area contributed by atoms with Gasteiger partial charge in [0, 0.05) is 5.54 Å². The van der Waals surface area contributed by atoms with Crippen LogP contribution in [0.1, 0.15) is 20.8 Å². The van der Waals surface area contributed by atoms with Crippen LogP contribution in [0.5, 0.6) is 0 Å². The van der Waals surface area contributed by atoms with E-state index in [9.17, 15) is 9.59 Å². The number of urea groups is 1. The van der Waals surface area contributed by atoms with Crippen LogP contribution in [0, 0.1) is 0 Å². The van der Waals surface area contributed by atoms with E-state index < -0.39 is 24.1 Å². The van der Waals surface area contributed by atoms with Gasteiger partial charge >= 0.3 is 12.0 Å². The van der Waals surface area contributed by atoms with E-state index in [0.717, 1.165) is 4.90 Å². The van der Waals surface area contributed by atoms with E-state index in [0.29, 0.717) is 11.4 Å². The van der Waals surface area contributed by atoms with E-state index >= 15 is 0 Å². The highest BCUT2D eigenvalue weighted by Gasteiger charge is 2.24. The van der Waals surface area contributed by atoms with Gasteiger partial charge in [0.15, 0.2) is 0 Å². The summed E-state index contributed by atoms with van der Waals surface area (Å²) in [5.41, 5.74) is 6.06. The molecule has 2 amide bonds. The molecule has 0 radical (unpaired) electrons. The van der Waals surface area contributed by atoms with Crippen LogP contribution < -0.4 is 16.0 Å². The fourth-order valence-corrected chi connectivity index (χ4v) is 1.52. The molecule has 0 aromatic heterocycles. The minimum atomic E-state index is -1.10. The Balaban J connectivity index is 3.05. The van der Waals surface area contributed by atoms with Crippen LogP contribution >= 0.6 is 0 Å². The van der Waals surface area contributed by atoms with Gasteiger partial charge in [-0.05, 0) is 32.9 Å². The molecule has 6 heteroatoms. The second kappa shape index (κ2) is 5.60. The van der Waals surface area contributed by atoms with Crippen molar-refractivity contribution in [2.75, 3.05) is 17.2 Å². The monoisotopic (exact) mass is 265 g/mol. The van der Waals surface area contributed by atoms with Crippen molar-refractivity contribution in [1.82, 2.24) is 5.32 Å². The second-order valence-corrected chi connectivity index (χ2v) is 5.22. The molecule has 0 atom stereocenters. The van der Waals surface area contributed by atoms with Crippen LogP contribution in [-0.2, 0) is 4.79 Å². The standard InChI is InChI=1S/C13H19N3O3/c1-13(2,3)15-12(19)16(8-11(17)18)10-7-5-4-6-9(10)14/h4-7H,8,14H2,1-3H3,(H,15,19)(H,17,18). The molecule has 0 saturated carbocycles. The summed E-state index contributed by atoms with van der Waals surface area (Å²) in [6.07, 6.45) is 0.